The Hall–Kier alpha value is -2.11. The summed E-state index contributed by atoms with van der Waals surface area (Å²) in [6, 6.07) is 0. The van der Waals surface area contributed by atoms with E-state index in [1.54, 1.807) is 0 Å². The molecule has 1 aliphatic heterocycles. The normalized spacial score (nSPS) is 22.4. The predicted octanol–water partition coefficient (Wildman–Crippen LogP) is 1.02. The van der Waals surface area contributed by atoms with Crippen LogP contribution in [0.2, 0.25) is 0 Å². The molecule has 0 saturated carbocycles. The minimum atomic E-state index is -0.843. The lowest BCUT2D eigenvalue weighted by Crippen LogP contribution is -2.42. The summed E-state index contributed by atoms with van der Waals surface area (Å²) in [5, 5.41) is 0. The van der Waals surface area contributed by atoms with Crippen LogP contribution in [0, 0.1) is 12.3 Å². The molecule has 0 aliphatic carbocycles. The fraction of sp³-hybridized carbons (Fsp3) is 0.737. The molecule has 1 fully saturated rings. The number of carbonyl (C=O) groups excluding carboxylic acids is 3. The molecule has 1 rings (SSSR count). The van der Waals surface area contributed by atoms with Crippen LogP contribution >= 0.6 is 0 Å². The van der Waals surface area contributed by atoms with Gasteiger partial charge in [-0.25, -0.2) is 0 Å². The van der Waals surface area contributed by atoms with Crippen molar-refractivity contribution in [3.63, 3.8) is 0 Å². The van der Waals surface area contributed by atoms with Gasteiger partial charge in [-0.2, -0.15) is 0 Å². The number of hydrogen-bond donors (Lipinski definition) is 0. The molecule has 0 aromatic carbocycles. The summed E-state index contributed by atoms with van der Waals surface area (Å²) in [6.07, 6.45) is 5.02. The maximum absolute atomic E-state index is 12.1. The summed E-state index contributed by atoms with van der Waals surface area (Å²) in [6.45, 7) is 3.95. The quantitative estimate of drug-likeness (QED) is 0.254. The zero-order valence-electron chi connectivity index (χ0n) is 16.6. The number of ether oxygens (including phenoxy) is 4. The molecule has 8 nitrogen and oxygen atoms in total. The Labute approximate surface area is 160 Å². The second kappa shape index (κ2) is 10.9. The highest BCUT2D eigenvalue weighted by atomic mass is 16.7. The Morgan fingerprint density at radius 2 is 1.85 bits per heavy atom. The van der Waals surface area contributed by atoms with E-state index in [4.69, 9.17) is 25.4 Å². The van der Waals surface area contributed by atoms with Gasteiger partial charge in [0.2, 0.25) is 6.29 Å². The van der Waals surface area contributed by atoms with E-state index in [9.17, 15) is 14.4 Å². The van der Waals surface area contributed by atoms with E-state index in [-0.39, 0.29) is 19.4 Å². The van der Waals surface area contributed by atoms with Crippen molar-refractivity contribution in [1.29, 1.82) is 0 Å². The predicted molar refractivity (Wildman–Crippen MR) is 96.1 cm³/mol. The first kappa shape index (κ1) is 22.9. The summed E-state index contributed by atoms with van der Waals surface area (Å²) in [5.74, 6) is 1.36. The number of esters is 3. The average molecular weight is 384 g/mol. The van der Waals surface area contributed by atoms with Crippen LogP contribution in [0.15, 0.2) is 0 Å². The van der Waals surface area contributed by atoms with E-state index in [1.807, 2.05) is 14.1 Å². The van der Waals surface area contributed by atoms with Gasteiger partial charge < -0.3 is 23.4 Å². The fourth-order valence-electron chi connectivity index (χ4n) is 2.84. The van der Waals surface area contributed by atoms with Crippen molar-refractivity contribution in [2.75, 3.05) is 33.8 Å². The molecule has 0 amide bonds. The Bertz CT molecular complexity index is 567. The lowest BCUT2D eigenvalue weighted by molar-refractivity contribution is -0.883. The van der Waals surface area contributed by atoms with Crippen LogP contribution in [0.4, 0.5) is 0 Å². The van der Waals surface area contributed by atoms with Gasteiger partial charge in [0.1, 0.15) is 19.3 Å². The SMILES string of the molecule is C#CC[N+](C)(C)CCCC(=O)OC1CC(OC(C)=O)CC(COC(C)=O)O1. The van der Waals surface area contributed by atoms with Crippen LogP contribution in [-0.2, 0) is 33.3 Å². The van der Waals surface area contributed by atoms with Crippen molar-refractivity contribution in [1.82, 2.24) is 0 Å². The fourth-order valence-corrected chi connectivity index (χ4v) is 2.84. The van der Waals surface area contributed by atoms with Crippen molar-refractivity contribution >= 4 is 17.9 Å². The molecule has 0 N–H and O–H groups in total. The topological polar surface area (TPSA) is 88.1 Å². The van der Waals surface area contributed by atoms with Crippen molar-refractivity contribution in [2.45, 2.75) is 58.0 Å². The number of terminal acetylenes is 1. The monoisotopic (exact) mass is 384 g/mol. The average Bonchev–Trinajstić information content (AvgIpc) is 2.51. The number of nitrogens with zero attached hydrogens (tertiary/aromatic N) is 1. The van der Waals surface area contributed by atoms with Crippen LogP contribution in [0.1, 0.15) is 39.5 Å². The first-order valence-corrected chi connectivity index (χ1v) is 9.02. The van der Waals surface area contributed by atoms with Gasteiger partial charge in [-0.05, 0) is 5.92 Å². The number of quaternary nitrogens is 1. The Morgan fingerprint density at radius 3 is 2.44 bits per heavy atom. The molecule has 0 bridgehead atoms. The first-order chi connectivity index (χ1) is 12.6. The molecule has 3 unspecified atom stereocenters. The van der Waals surface area contributed by atoms with Gasteiger partial charge in [0.15, 0.2) is 0 Å². The highest BCUT2D eigenvalue weighted by molar-refractivity contribution is 5.69. The molecule has 1 aliphatic rings. The van der Waals surface area contributed by atoms with Crippen LogP contribution in [-0.4, -0.2) is 74.7 Å². The van der Waals surface area contributed by atoms with Crippen LogP contribution in [0.5, 0.6) is 0 Å². The Morgan fingerprint density at radius 1 is 1.15 bits per heavy atom. The molecule has 1 heterocycles. The lowest BCUT2D eigenvalue weighted by Gasteiger charge is -2.34. The molecular formula is C19H30NO7+. The highest BCUT2D eigenvalue weighted by Gasteiger charge is 2.34. The smallest absolute Gasteiger partial charge is 0.308 e. The Balaban J connectivity index is 2.51. The third kappa shape index (κ3) is 9.97. The number of hydrogen-bond acceptors (Lipinski definition) is 7. The van der Waals surface area contributed by atoms with E-state index >= 15 is 0 Å². The molecule has 1 saturated heterocycles. The largest absolute Gasteiger partial charge is 0.463 e. The summed E-state index contributed by atoms with van der Waals surface area (Å²) in [4.78, 5) is 34.3. The van der Waals surface area contributed by atoms with E-state index in [1.165, 1.54) is 13.8 Å². The molecule has 0 spiro atoms. The molecule has 0 aromatic heterocycles. The Kier molecular flexibility index (Phi) is 9.26. The second-order valence-corrected chi connectivity index (χ2v) is 7.31. The number of carbonyl (C=O) groups is 3. The standard InChI is InChI=1S/C19H30NO7/c1-6-9-20(4,5)10-7-8-18(23)27-19-12-16(25-15(3)22)11-17(26-19)13-24-14(2)21/h1,16-17,19H,7-13H2,2-5H3/q+1. The second-order valence-electron chi connectivity index (χ2n) is 7.31. The zero-order chi connectivity index (χ0) is 20.4. The van der Waals surface area contributed by atoms with Crippen LogP contribution < -0.4 is 0 Å². The van der Waals surface area contributed by atoms with Crippen molar-refractivity contribution in [2.24, 2.45) is 0 Å². The molecular weight excluding hydrogens is 354 g/mol. The molecule has 8 heteroatoms. The maximum atomic E-state index is 12.1. The van der Waals surface area contributed by atoms with Gasteiger partial charge in [0, 0.05) is 33.1 Å². The van der Waals surface area contributed by atoms with Gasteiger partial charge in [0.05, 0.1) is 33.2 Å². The molecule has 27 heavy (non-hydrogen) atoms. The first-order valence-electron chi connectivity index (χ1n) is 9.02. The molecule has 0 aromatic rings. The third-order valence-electron chi connectivity index (χ3n) is 4.06. The van der Waals surface area contributed by atoms with E-state index in [2.05, 4.69) is 5.92 Å². The zero-order valence-corrected chi connectivity index (χ0v) is 16.6. The molecule has 3 atom stereocenters. The van der Waals surface area contributed by atoms with Gasteiger partial charge in [-0.1, -0.05) is 0 Å². The van der Waals surface area contributed by atoms with E-state index in [0.717, 1.165) is 6.54 Å². The maximum Gasteiger partial charge on any atom is 0.308 e. The van der Waals surface area contributed by atoms with Gasteiger partial charge in [0.25, 0.3) is 0 Å². The third-order valence-corrected chi connectivity index (χ3v) is 4.06. The minimum absolute atomic E-state index is 0.0128. The van der Waals surface area contributed by atoms with Crippen molar-refractivity contribution < 1.29 is 37.8 Å². The van der Waals surface area contributed by atoms with Crippen LogP contribution in [0.3, 0.4) is 0 Å². The van der Waals surface area contributed by atoms with Crippen molar-refractivity contribution in [3.05, 3.63) is 0 Å². The van der Waals surface area contributed by atoms with Gasteiger partial charge in [-0.3, -0.25) is 14.4 Å². The van der Waals surface area contributed by atoms with Crippen LogP contribution in [0.25, 0.3) is 0 Å². The van der Waals surface area contributed by atoms with Gasteiger partial charge >= 0.3 is 17.9 Å². The summed E-state index contributed by atoms with van der Waals surface area (Å²) >= 11 is 0. The number of rotatable bonds is 9. The van der Waals surface area contributed by atoms with E-state index in [0.29, 0.717) is 23.9 Å². The molecule has 0 radical (unpaired) electrons. The summed E-state index contributed by atoms with van der Waals surface area (Å²) < 4.78 is 21.8. The summed E-state index contributed by atoms with van der Waals surface area (Å²) in [5.41, 5.74) is 0. The summed E-state index contributed by atoms with van der Waals surface area (Å²) in [7, 11) is 4.00. The molecule has 152 valence electrons. The van der Waals surface area contributed by atoms with Gasteiger partial charge in [-0.15, -0.1) is 6.42 Å². The minimum Gasteiger partial charge on any atom is -0.463 e. The lowest BCUT2D eigenvalue weighted by atomic mass is 10.1. The van der Waals surface area contributed by atoms with Crippen molar-refractivity contribution in [3.8, 4) is 12.3 Å². The highest BCUT2D eigenvalue weighted by Crippen LogP contribution is 2.24. The van der Waals surface area contributed by atoms with E-state index < -0.39 is 36.4 Å².